The molecule has 0 spiro atoms. The Morgan fingerprint density at radius 2 is 2.23 bits per heavy atom. The van der Waals surface area contributed by atoms with E-state index < -0.39 is 23.8 Å². The van der Waals surface area contributed by atoms with Gasteiger partial charge in [0.05, 0.1) is 6.61 Å². The van der Waals surface area contributed by atoms with E-state index in [1.807, 2.05) is 6.92 Å². The van der Waals surface area contributed by atoms with Gasteiger partial charge in [-0.3, -0.25) is 0 Å². The van der Waals surface area contributed by atoms with Gasteiger partial charge in [-0.25, -0.2) is 0 Å². The van der Waals surface area contributed by atoms with E-state index in [1.54, 1.807) is 0 Å². The van der Waals surface area contributed by atoms with Crippen molar-refractivity contribution in [1.29, 1.82) is 0 Å². The first-order valence-corrected chi connectivity index (χ1v) is 4.65. The quantitative estimate of drug-likeness (QED) is 0.466. The van der Waals surface area contributed by atoms with Gasteiger partial charge in [-0.05, 0) is 6.42 Å². The molecule has 1 aliphatic rings. The Bertz CT molecular complexity index is 182. The van der Waals surface area contributed by atoms with E-state index in [9.17, 15) is 10.2 Å². The standard InChI is InChI=1S/C7H14BO4P/c1-2-7(3-11-13)5(10)4(9)6(8)12-7/h4-6,9-10H,2-3,13H2,1H3/t4-,5+,6-,7-/m1/s1. The second-order valence-electron chi connectivity index (χ2n) is 3.25. The van der Waals surface area contributed by atoms with Gasteiger partial charge in [-0.2, -0.15) is 0 Å². The molecule has 1 saturated heterocycles. The smallest absolute Gasteiger partial charge is 0.119 e. The molecule has 4 nitrogen and oxygen atoms in total. The summed E-state index contributed by atoms with van der Waals surface area (Å²) in [5, 5.41) is 19.1. The molecule has 0 aliphatic carbocycles. The molecule has 6 heteroatoms. The summed E-state index contributed by atoms with van der Waals surface area (Å²) < 4.78 is 10.2. The maximum atomic E-state index is 9.67. The highest BCUT2D eigenvalue weighted by molar-refractivity contribution is 7.09. The van der Waals surface area contributed by atoms with E-state index in [0.29, 0.717) is 6.42 Å². The van der Waals surface area contributed by atoms with E-state index in [0.717, 1.165) is 0 Å². The fourth-order valence-electron chi connectivity index (χ4n) is 1.56. The highest BCUT2D eigenvalue weighted by atomic mass is 31.0. The van der Waals surface area contributed by atoms with Crippen molar-refractivity contribution >= 4 is 17.3 Å². The topological polar surface area (TPSA) is 58.9 Å². The normalized spacial score (nSPS) is 45.4. The average molecular weight is 204 g/mol. The molecule has 0 aromatic heterocycles. The average Bonchev–Trinajstić information content (AvgIpc) is 2.32. The van der Waals surface area contributed by atoms with Gasteiger partial charge in [0.25, 0.3) is 0 Å². The minimum absolute atomic E-state index is 0.195. The Balaban J connectivity index is 2.76. The molecule has 2 radical (unpaired) electrons. The lowest BCUT2D eigenvalue weighted by atomic mass is 9.88. The highest BCUT2D eigenvalue weighted by Gasteiger charge is 2.50. The minimum Gasteiger partial charge on any atom is -0.388 e. The molecule has 0 saturated carbocycles. The third kappa shape index (κ3) is 1.90. The second-order valence-corrected chi connectivity index (χ2v) is 3.58. The van der Waals surface area contributed by atoms with Crippen LogP contribution in [0.1, 0.15) is 13.3 Å². The lowest BCUT2D eigenvalue weighted by molar-refractivity contribution is -0.0930. The van der Waals surface area contributed by atoms with Crippen LogP contribution in [0.3, 0.4) is 0 Å². The first kappa shape index (κ1) is 11.4. The molecule has 0 amide bonds. The molecule has 5 atom stereocenters. The van der Waals surface area contributed by atoms with Crippen molar-refractivity contribution in [3.05, 3.63) is 0 Å². The van der Waals surface area contributed by atoms with Gasteiger partial charge in [0.1, 0.15) is 25.7 Å². The van der Waals surface area contributed by atoms with Crippen LogP contribution in [0.4, 0.5) is 0 Å². The van der Waals surface area contributed by atoms with Crippen LogP contribution in [-0.4, -0.2) is 48.5 Å². The van der Waals surface area contributed by atoms with Crippen LogP contribution < -0.4 is 0 Å². The van der Waals surface area contributed by atoms with E-state index in [4.69, 9.17) is 17.1 Å². The molecular formula is C7H14BO4P. The molecule has 1 heterocycles. The van der Waals surface area contributed by atoms with E-state index in [2.05, 4.69) is 9.47 Å². The fourth-order valence-corrected chi connectivity index (χ4v) is 1.84. The first-order valence-electron chi connectivity index (χ1n) is 4.18. The summed E-state index contributed by atoms with van der Waals surface area (Å²) in [6, 6.07) is -0.838. The minimum atomic E-state index is -1.04. The number of ether oxygens (including phenoxy) is 1. The van der Waals surface area contributed by atoms with Gasteiger partial charge in [0, 0.05) is 15.5 Å². The highest BCUT2D eigenvalue weighted by Crippen LogP contribution is 2.33. The number of aliphatic hydroxyl groups is 2. The third-order valence-corrected chi connectivity index (χ3v) is 2.66. The van der Waals surface area contributed by atoms with Gasteiger partial charge in [0.15, 0.2) is 0 Å². The van der Waals surface area contributed by atoms with Crippen LogP contribution >= 0.6 is 9.47 Å². The number of aliphatic hydroxyl groups excluding tert-OH is 2. The van der Waals surface area contributed by atoms with Crippen molar-refractivity contribution in [2.75, 3.05) is 6.61 Å². The van der Waals surface area contributed by atoms with Crippen molar-refractivity contribution in [2.45, 2.75) is 37.2 Å². The van der Waals surface area contributed by atoms with Crippen molar-refractivity contribution in [2.24, 2.45) is 0 Å². The summed E-state index contributed by atoms with van der Waals surface area (Å²) in [7, 11) is 7.54. The van der Waals surface area contributed by atoms with Gasteiger partial charge in [0.2, 0.25) is 0 Å². The van der Waals surface area contributed by atoms with E-state index in [1.165, 1.54) is 0 Å². The van der Waals surface area contributed by atoms with Crippen molar-refractivity contribution < 1.29 is 19.5 Å². The predicted molar refractivity (Wildman–Crippen MR) is 51.3 cm³/mol. The lowest BCUT2D eigenvalue weighted by Crippen LogP contribution is -2.45. The Kier molecular flexibility index (Phi) is 3.72. The molecule has 2 N–H and O–H groups in total. The number of rotatable bonds is 3. The SMILES string of the molecule is [B][C@@H]1O[C@](CC)(COP)[C@@H](O)[C@H]1O. The summed E-state index contributed by atoms with van der Waals surface area (Å²) in [4.78, 5) is 0. The van der Waals surface area contributed by atoms with Crippen molar-refractivity contribution in [3.63, 3.8) is 0 Å². The zero-order valence-electron chi connectivity index (χ0n) is 7.51. The first-order chi connectivity index (χ1) is 6.07. The summed E-state index contributed by atoms with van der Waals surface area (Å²) in [6.07, 6.45) is -1.50. The van der Waals surface area contributed by atoms with Gasteiger partial charge < -0.3 is 19.5 Å². The van der Waals surface area contributed by atoms with Crippen LogP contribution in [0, 0.1) is 0 Å². The zero-order chi connectivity index (χ0) is 10.1. The molecule has 0 bridgehead atoms. The molecular weight excluding hydrogens is 190 g/mol. The summed E-state index contributed by atoms with van der Waals surface area (Å²) in [6.45, 7) is 2.04. The van der Waals surface area contributed by atoms with Crippen LogP contribution in [-0.2, 0) is 9.26 Å². The van der Waals surface area contributed by atoms with Crippen LogP contribution in [0.2, 0.25) is 0 Å². The summed E-state index contributed by atoms with van der Waals surface area (Å²) in [5.41, 5.74) is -0.874. The van der Waals surface area contributed by atoms with Crippen LogP contribution in [0.25, 0.3) is 0 Å². The zero-order valence-corrected chi connectivity index (χ0v) is 8.67. The number of hydrogen-bond acceptors (Lipinski definition) is 4. The molecule has 0 aromatic rings. The molecule has 74 valence electrons. The van der Waals surface area contributed by atoms with E-state index in [-0.39, 0.29) is 6.61 Å². The Morgan fingerprint density at radius 3 is 2.54 bits per heavy atom. The monoisotopic (exact) mass is 204 g/mol. The maximum Gasteiger partial charge on any atom is 0.119 e. The molecule has 13 heavy (non-hydrogen) atoms. The van der Waals surface area contributed by atoms with E-state index >= 15 is 0 Å². The molecule has 0 aromatic carbocycles. The third-order valence-electron chi connectivity index (χ3n) is 2.50. The van der Waals surface area contributed by atoms with Crippen LogP contribution in [0.5, 0.6) is 0 Å². The Hall–Kier alpha value is 0.335. The fraction of sp³-hybridized carbons (Fsp3) is 1.00. The van der Waals surface area contributed by atoms with Crippen molar-refractivity contribution in [1.82, 2.24) is 0 Å². The largest absolute Gasteiger partial charge is 0.388 e. The molecule has 1 aliphatic heterocycles. The van der Waals surface area contributed by atoms with Gasteiger partial charge in [-0.1, -0.05) is 6.92 Å². The lowest BCUT2D eigenvalue weighted by Gasteiger charge is -2.30. The summed E-state index contributed by atoms with van der Waals surface area (Å²) >= 11 is 0. The molecule has 1 rings (SSSR count). The van der Waals surface area contributed by atoms with Crippen molar-refractivity contribution in [3.8, 4) is 0 Å². The maximum absolute atomic E-state index is 9.67. The predicted octanol–water partition coefficient (Wildman–Crippen LogP) is -0.812. The van der Waals surface area contributed by atoms with Crippen LogP contribution in [0.15, 0.2) is 0 Å². The van der Waals surface area contributed by atoms with Gasteiger partial charge >= 0.3 is 0 Å². The van der Waals surface area contributed by atoms with Gasteiger partial charge in [-0.15, -0.1) is 0 Å². The number of hydrogen-bond donors (Lipinski definition) is 2. The second kappa shape index (κ2) is 4.24. The molecule has 1 fully saturated rings. The summed E-state index contributed by atoms with van der Waals surface area (Å²) in [5.74, 6) is 0. The Morgan fingerprint density at radius 1 is 1.62 bits per heavy atom. The Labute approximate surface area is 81.3 Å². The molecule has 1 unspecified atom stereocenters.